The molecule has 2 aromatic carbocycles. The molecule has 0 saturated heterocycles. The molecule has 2 heteroatoms. The molecule has 3 rings (SSSR count). The molecule has 0 atom stereocenters. The van der Waals surface area contributed by atoms with E-state index in [0.717, 1.165) is 22.6 Å². The SMILES string of the molecule is COc1ccc2c(c1)COc1ccc(C)cc1/C=C\2. The van der Waals surface area contributed by atoms with Gasteiger partial charge in [-0.3, -0.25) is 0 Å². The second kappa shape index (κ2) is 4.81. The summed E-state index contributed by atoms with van der Waals surface area (Å²) in [6, 6.07) is 12.3. The van der Waals surface area contributed by atoms with E-state index >= 15 is 0 Å². The molecule has 1 aliphatic rings. The average molecular weight is 252 g/mol. The number of aryl methyl sites for hydroxylation is 1. The fraction of sp³-hybridized carbons (Fsp3) is 0.176. The first-order chi connectivity index (χ1) is 9.26. The first-order valence-electron chi connectivity index (χ1n) is 6.35. The van der Waals surface area contributed by atoms with Gasteiger partial charge in [-0.15, -0.1) is 0 Å². The highest BCUT2D eigenvalue weighted by Crippen LogP contribution is 2.28. The second-order valence-corrected chi connectivity index (χ2v) is 4.73. The standard InChI is InChI=1S/C17H16O2/c1-12-3-8-17-14(9-12)5-4-13-6-7-16(18-2)10-15(13)11-19-17/h3-10H,11H2,1-2H3/b5-4-. The maximum absolute atomic E-state index is 5.90. The Hall–Kier alpha value is -2.22. The minimum Gasteiger partial charge on any atom is -0.497 e. The monoisotopic (exact) mass is 252 g/mol. The summed E-state index contributed by atoms with van der Waals surface area (Å²) in [5.74, 6) is 1.79. The summed E-state index contributed by atoms with van der Waals surface area (Å²) in [7, 11) is 1.68. The van der Waals surface area contributed by atoms with Crippen molar-refractivity contribution in [3.63, 3.8) is 0 Å². The largest absolute Gasteiger partial charge is 0.497 e. The summed E-state index contributed by atoms with van der Waals surface area (Å²) < 4.78 is 11.2. The van der Waals surface area contributed by atoms with E-state index in [-0.39, 0.29) is 0 Å². The number of methoxy groups -OCH3 is 1. The maximum atomic E-state index is 5.90. The number of rotatable bonds is 1. The topological polar surface area (TPSA) is 18.5 Å². The Morgan fingerprint density at radius 2 is 1.84 bits per heavy atom. The van der Waals surface area contributed by atoms with Crippen molar-refractivity contribution in [3.05, 3.63) is 58.7 Å². The molecule has 0 fully saturated rings. The van der Waals surface area contributed by atoms with Gasteiger partial charge in [0.05, 0.1) is 7.11 Å². The summed E-state index contributed by atoms with van der Waals surface area (Å²) >= 11 is 0. The minimum absolute atomic E-state index is 0.562. The number of hydrogen-bond acceptors (Lipinski definition) is 2. The van der Waals surface area contributed by atoms with Crippen molar-refractivity contribution < 1.29 is 9.47 Å². The van der Waals surface area contributed by atoms with Gasteiger partial charge in [0.25, 0.3) is 0 Å². The third-order valence-electron chi connectivity index (χ3n) is 3.34. The van der Waals surface area contributed by atoms with Gasteiger partial charge in [0, 0.05) is 11.1 Å². The van der Waals surface area contributed by atoms with Crippen LogP contribution in [-0.4, -0.2) is 7.11 Å². The fourth-order valence-electron chi connectivity index (χ4n) is 2.26. The van der Waals surface area contributed by atoms with Gasteiger partial charge in [-0.05, 0) is 36.8 Å². The summed E-state index contributed by atoms with van der Waals surface area (Å²) in [5, 5.41) is 0. The summed E-state index contributed by atoms with van der Waals surface area (Å²) in [4.78, 5) is 0. The van der Waals surface area contributed by atoms with Crippen LogP contribution in [0.1, 0.15) is 22.3 Å². The summed E-state index contributed by atoms with van der Waals surface area (Å²) in [6.07, 6.45) is 4.24. The fourth-order valence-corrected chi connectivity index (χ4v) is 2.26. The molecular weight excluding hydrogens is 236 g/mol. The first kappa shape index (κ1) is 11.8. The normalized spacial score (nSPS) is 14.4. The Balaban J connectivity index is 2.05. The average Bonchev–Trinajstić information content (AvgIpc) is 2.42. The lowest BCUT2D eigenvalue weighted by Gasteiger charge is -2.15. The van der Waals surface area contributed by atoms with Crippen molar-refractivity contribution >= 4 is 12.2 Å². The molecule has 0 aromatic heterocycles. The Morgan fingerprint density at radius 1 is 1.00 bits per heavy atom. The zero-order valence-corrected chi connectivity index (χ0v) is 11.1. The van der Waals surface area contributed by atoms with E-state index in [4.69, 9.17) is 9.47 Å². The van der Waals surface area contributed by atoms with Gasteiger partial charge in [-0.1, -0.05) is 29.8 Å². The van der Waals surface area contributed by atoms with E-state index in [1.807, 2.05) is 18.2 Å². The summed E-state index contributed by atoms with van der Waals surface area (Å²) in [6.45, 7) is 2.65. The predicted molar refractivity (Wildman–Crippen MR) is 77.4 cm³/mol. The lowest BCUT2D eigenvalue weighted by atomic mass is 10.0. The smallest absolute Gasteiger partial charge is 0.127 e. The van der Waals surface area contributed by atoms with Crippen LogP contribution >= 0.6 is 0 Å². The Labute approximate surface area is 113 Å². The van der Waals surface area contributed by atoms with Crippen LogP contribution in [0.25, 0.3) is 12.2 Å². The van der Waals surface area contributed by atoms with Crippen molar-refractivity contribution in [2.45, 2.75) is 13.5 Å². The molecule has 0 amide bonds. The molecular formula is C17H16O2. The molecule has 19 heavy (non-hydrogen) atoms. The van der Waals surface area contributed by atoms with Crippen LogP contribution in [0.4, 0.5) is 0 Å². The van der Waals surface area contributed by atoms with E-state index in [9.17, 15) is 0 Å². The Morgan fingerprint density at radius 3 is 2.68 bits per heavy atom. The molecule has 1 heterocycles. The van der Waals surface area contributed by atoms with Gasteiger partial charge in [-0.2, -0.15) is 0 Å². The van der Waals surface area contributed by atoms with E-state index in [2.05, 4.69) is 37.3 Å². The van der Waals surface area contributed by atoms with Crippen LogP contribution in [0.15, 0.2) is 36.4 Å². The van der Waals surface area contributed by atoms with Crippen molar-refractivity contribution in [1.29, 1.82) is 0 Å². The molecule has 96 valence electrons. The van der Waals surface area contributed by atoms with Gasteiger partial charge in [0.2, 0.25) is 0 Å². The Kier molecular flexibility index (Phi) is 3.00. The molecule has 0 bridgehead atoms. The van der Waals surface area contributed by atoms with Crippen LogP contribution in [0, 0.1) is 6.92 Å². The second-order valence-electron chi connectivity index (χ2n) is 4.73. The van der Waals surface area contributed by atoms with E-state index < -0.39 is 0 Å². The van der Waals surface area contributed by atoms with E-state index in [1.165, 1.54) is 11.1 Å². The van der Waals surface area contributed by atoms with Crippen LogP contribution in [-0.2, 0) is 6.61 Å². The van der Waals surface area contributed by atoms with E-state index in [0.29, 0.717) is 6.61 Å². The van der Waals surface area contributed by atoms with Gasteiger partial charge in [-0.25, -0.2) is 0 Å². The third-order valence-corrected chi connectivity index (χ3v) is 3.34. The first-order valence-corrected chi connectivity index (χ1v) is 6.35. The number of hydrogen-bond donors (Lipinski definition) is 0. The molecule has 0 unspecified atom stereocenters. The van der Waals surface area contributed by atoms with Crippen molar-refractivity contribution in [2.24, 2.45) is 0 Å². The molecule has 2 aromatic rings. The highest BCUT2D eigenvalue weighted by molar-refractivity contribution is 5.75. The third kappa shape index (κ3) is 2.34. The van der Waals surface area contributed by atoms with Gasteiger partial charge >= 0.3 is 0 Å². The van der Waals surface area contributed by atoms with Crippen LogP contribution < -0.4 is 9.47 Å². The zero-order valence-electron chi connectivity index (χ0n) is 11.1. The van der Waals surface area contributed by atoms with Gasteiger partial charge < -0.3 is 9.47 Å². The van der Waals surface area contributed by atoms with Crippen molar-refractivity contribution in [2.75, 3.05) is 7.11 Å². The van der Waals surface area contributed by atoms with Crippen molar-refractivity contribution in [1.82, 2.24) is 0 Å². The van der Waals surface area contributed by atoms with Gasteiger partial charge in [0.1, 0.15) is 18.1 Å². The van der Waals surface area contributed by atoms with Crippen molar-refractivity contribution in [3.8, 4) is 11.5 Å². The maximum Gasteiger partial charge on any atom is 0.127 e. The number of benzene rings is 2. The molecule has 0 N–H and O–H groups in total. The molecule has 1 aliphatic heterocycles. The van der Waals surface area contributed by atoms with Crippen LogP contribution in [0.2, 0.25) is 0 Å². The quantitative estimate of drug-likeness (QED) is 0.761. The minimum atomic E-state index is 0.562. The Bertz CT molecular complexity index is 642. The van der Waals surface area contributed by atoms with Crippen LogP contribution in [0.5, 0.6) is 11.5 Å². The predicted octanol–water partition coefficient (Wildman–Crippen LogP) is 4.07. The molecule has 0 saturated carbocycles. The molecule has 2 nitrogen and oxygen atoms in total. The lowest BCUT2D eigenvalue weighted by molar-refractivity contribution is 0.304. The van der Waals surface area contributed by atoms with Gasteiger partial charge in [0.15, 0.2) is 0 Å². The number of fused-ring (bicyclic) bond motifs is 2. The van der Waals surface area contributed by atoms with Crippen LogP contribution in [0.3, 0.4) is 0 Å². The molecule has 0 spiro atoms. The van der Waals surface area contributed by atoms with E-state index in [1.54, 1.807) is 7.11 Å². The highest BCUT2D eigenvalue weighted by Gasteiger charge is 2.09. The lowest BCUT2D eigenvalue weighted by Crippen LogP contribution is -2.02. The highest BCUT2D eigenvalue weighted by atomic mass is 16.5. The number of ether oxygens (including phenoxy) is 2. The molecule has 0 aliphatic carbocycles. The summed E-state index contributed by atoms with van der Waals surface area (Å²) in [5.41, 5.74) is 4.68. The zero-order chi connectivity index (χ0) is 13.2. The molecule has 0 radical (unpaired) electrons.